The fourth-order valence-corrected chi connectivity index (χ4v) is 2.85. The number of halogens is 1. The van der Waals surface area contributed by atoms with Gasteiger partial charge in [0.15, 0.2) is 0 Å². The number of para-hydroxylation sites is 1. The minimum atomic E-state index is -0.0898. The summed E-state index contributed by atoms with van der Waals surface area (Å²) in [6, 6.07) is 12.8. The van der Waals surface area contributed by atoms with Crippen LogP contribution in [-0.4, -0.2) is 18.6 Å². The number of hydrogen-bond donors (Lipinski definition) is 1. The molecule has 2 aromatic carbocycles. The summed E-state index contributed by atoms with van der Waals surface area (Å²) in [7, 11) is 0. The molecule has 0 spiro atoms. The minimum absolute atomic E-state index is 0.0898. The highest BCUT2D eigenvalue weighted by Gasteiger charge is 2.13. The lowest BCUT2D eigenvalue weighted by molar-refractivity contribution is 0.0938. The number of ether oxygens (including phenoxy) is 2. The molecule has 2 rings (SSSR count). The van der Waals surface area contributed by atoms with Gasteiger partial charge in [-0.05, 0) is 50.6 Å². The first-order chi connectivity index (χ1) is 12.5. The first-order valence-electron chi connectivity index (χ1n) is 8.99. The standard InChI is InChI=1S/C21H26ClNO3/c1-4-8-15(3)23-21(24)16-11-12-19(25-5-2)17(13-16)14-26-20-10-7-6-9-18(20)22/h6-7,9-13,15H,4-5,8,14H2,1-3H3,(H,23,24). The third-order valence-corrected chi connectivity index (χ3v) is 4.25. The van der Waals surface area contributed by atoms with E-state index in [1.807, 2.05) is 44.2 Å². The van der Waals surface area contributed by atoms with E-state index in [0.29, 0.717) is 28.7 Å². The molecule has 2 aromatic rings. The van der Waals surface area contributed by atoms with Crippen LogP contribution in [0.2, 0.25) is 5.02 Å². The van der Waals surface area contributed by atoms with Gasteiger partial charge >= 0.3 is 0 Å². The fourth-order valence-electron chi connectivity index (χ4n) is 2.66. The second-order valence-corrected chi connectivity index (χ2v) is 6.54. The highest BCUT2D eigenvalue weighted by atomic mass is 35.5. The zero-order valence-corrected chi connectivity index (χ0v) is 16.3. The predicted octanol–water partition coefficient (Wildman–Crippen LogP) is 5.24. The van der Waals surface area contributed by atoms with E-state index in [-0.39, 0.29) is 18.6 Å². The van der Waals surface area contributed by atoms with Gasteiger partial charge in [0.25, 0.3) is 5.91 Å². The van der Waals surface area contributed by atoms with Gasteiger partial charge in [0.2, 0.25) is 0 Å². The molecule has 0 heterocycles. The molecule has 1 amide bonds. The monoisotopic (exact) mass is 375 g/mol. The first-order valence-corrected chi connectivity index (χ1v) is 9.36. The zero-order chi connectivity index (χ0) is 18.9. The van der Waals surface area contributed by atoms with Crippen molar-refractivity contribution in [1.82, 2.24) is 5.32 Å². The number of hydrogen-bond acceptors (Lipinski definition) is 3. The fraction of sp³-hybridized carbons (Fsp3) is 0.381. The van der Waals surface area contributed by atoms with E-state index in [1.54, 1.807) is 12.1 Å². The Morgan fingerprint density at radius 1 is 1.12 bits per heavy atom. The molecule has 0 fully saturated rings. The number of nitrogens with one attached hydrogen (secondary N) is 1. The SMILES string of the molecule is CCCC(C)NC(=O)c1ccc(OCC)c(COc2ccccc2Cl)c1. The van der Waals surface area contributed by atoms with E-state index in [0.717, 1.165) is 18.4 Å². The largest absolute Gasteiger partial charge is 0.493 e. The van der Waals surface area contributed by atoms with Crippen LogP contribution in [0.25, 0.3) is 0 Å². The maximum absolute atomic E-state index is 12.5. The van der Waals surface area contributed by atoms with Gasteiger partial charge in [0.05, 0.1) is 11.6 Å². The number of benzene rings is 2. The van der Waals surface area contributed by atoms with E-state index in [9.17, 15) is 4.79 Å². The summed E-state index contributed by atoms with van der Waals surface area (Å²) in [5, 5.41) is 3.57. The number of carbonyl (C=O) groups excluding carboxylic acids is 1. The number of rotatable bonds is 9. The Balaban J connectivity index is 2.16. The molecule has 0 aliphatic rings. The third kappa shape index (κ3) is 5.67. The minimum Gasteiger partial charge on any atom is -0.493 e. The molecule has 0 radical (unpaired) electrons. The van der Waals surface area contributed by atoms with Gasteiger partial charge in [0.1, 0.15) is 18.1 Å². The van der Waals surface area contributed by atoms with Gasteiger partial charge in [-0.15, -0.1) is 0 Å². The van der Waals surface area contributed by atoms with E-state index < -0.39 is 0 Å². The van der Waals surface area contributed by atoms with Crippen molar-refractivity contribution in [3.63, 3.8) is 0 Å². The van der Waals surface area contributed by atoms with Crippen LogP contribution >= 0.6 is 11.6 Å². The van der Waals surface area contributed by atoms with Crippen LogP contribution in [0.15, 0.2) is 42.5 Å². The Labute approximate surface area is 160 Å². The summed E-state index contributed by atoms with van der Waals surface area (Å²) in [4.78, 5) is 12.5. The molecular formula is C21H26ClNO3. The Bertz CT molecular complexity index is 733. The van der Waals surface area contributed by atoms with Crippen molar-refractivity contribution < 1.29 is 14.3 Å². The van der Waals surface area contributed by atoms with Gasteiger partial charge in [0, 0.05) is 17.2 Å². The molecule has 0 saturated carbocycles. The second-order valence-electron chi connectivity index (χ2n) is 6.14. The maximum atomic E-state index is 12.5. The van der Waals surface area contributed by atoms with E-state index in [1.165, 1.54) is 0 Å². The molecule has 0 aliphatic heterocycles. The quantitative estimate of drug-likeness (QED) is 0.652. The molecule has 1 N–H and O–H groups in total. The van der Waals surface area contributed by atoms with Crippen molar-refractivity contribution >= 4 is 17.5 Å². The lowest BCUT2D eigenvalue weighted by atomic mass is 10.1. The zero-order valence-electron chi connectivity index (χ0n) is 15.5. The van der Waals surface area contributed by atoms with Gasteiger partial charge in [-0.25, -0.2) is 0 Å². The number of amides is 1. The maximum Gasteiger partial charge on any atom is 0.251 e. The molecule has 0 bridgehead atoms. The van der Waals surface area contributed by atoms with Crippen molar-refractivity contribution in [3.05, 3.63) is 58.6 Å². The average Bonchev–Trinajstić information content (AvgIpc) is 2.62. The van der Waals surface area contributed by atoms with Crippen molar-refractivity contribution in [2.24, 2.45) is 0 Å². The average molecular weight is 376 g/mol. The smallest absolute Gasteiger partial charge is 0.251 e. The molecular weight excluding hydrogens is 350 g/mol. The Hall–Kier alpha value is -2.20. The van der Waals surface area contributed by atoms with Crippen LogP contribution in [0, 0.1) is 0 Å². The highest BCUT2D eigenvalue weighted by Crippen LogP contribution is 2.27. The summed E-state index contributed by atoms with van der Waals surface area (Å²) >= 11 is 6.14. The molecule has 1 unspecified atom stereocenters. The molecule has 0 aliphatic carbocycles. The van der Waals surface area contributed by atoms with E-state index in [4.69, 9.17) is 21.1 Å². The highest BCUT2D eigenvalue weighted by molar-refractivity contribution is 6.32. The molecule has 1 atom stereocenters. The molecule has 0 aromatic heterocycles. The molecule has 4 nitrogen and oxygen atoms in total. The Morgan fingerprint density at radius 3 is 2.58 bits per heavy atom. The summed E-state index contributed by atoms with van der Waals surface area (Å²) in [5.41, 5.74) is 1.40. The van der Waals surface area contributed by atoms with E-state index >= 15 is 0 Å². The number of carbonyl (C=O) groups is 1. The van der Waals surface area contributed by atoms with Gasteiger partial charge in [-0.1, -0.05) is 37.1 Å². The normalized spacial score (nSPS) is 11.7. The lowest BCUT2D eigenvalue weighted by Gasteiger charge is -2.16. The van der Waals surface area contributed by atoms with E-state index in [2.05, 4.69) is 12.2 Å². The topological polar surface area (TPSA) is 47.6 Å². The molecule has 0 saturated heterocycles. The molecule has 5 heteroatoms. The lowest BCUT2D eigenvalue weighted by Crippen LogP contribution is -2.32. The molecule has 140 valence electrons. The van der Waals surface area contributed by atoms with Crippen LogP contribution in [0.3, 0.4) is 0 Å². The summed E-state index contributed by atoms with van der Waals surface area (Å²) in [6.45, 7) is 6.84. The van der Waals surface area contributed by atoms with Crippen LogP contribution in [0.4, 0.5) is 0 Å². The molecule has 26 heavy (non-hydrogen) atoms. The van der Waals surface area contributed by atoms with Crippen LogP contribution < -0.4 is 14.8 Å². The Morgan fingerprint density at radius 2 is 1.88 bits per heavy atom. The van der Waals surface area contributed by atoms with Gasteiger partial charge in [-0.2, -0.15) is 0 Å². The third-order valence-electron chi connectivity index (χ3n) is 3.94. The Kier molecular flexibility index (Phi) is 7.79. The van der Waals surface area contributed by atoms with Gasteiger partial charge in [-0.3, -0.25) is 4.79 Å². The van der Waals surface area contributed by atoms with Crippen molar-refractivity contribution in [1.29, 1.82) is 0 Å². The predicted molar refractivity (Wildman–Crippen MR) is 105 cm³/mol. The van der Waals surface area contributed by atoms with Crippen molar-refractivity contribution in [2.45, 2.75) is 46.3 Å². The van der Waals surface area contributed by atoms with Crippen molar-refractivity contribution in [3.8, 4) is 11.5 Å². The second kappa shape index (κ2) is 10.1. The van der Waals surface area contributed by atoms with Crippen molar-refractivity contribution in [2.75, 3.05) is 6.61 Å². The summed E-state index contributed by atoms with van der Waals surface area (Å²) < 4.78 is 11.5. The van der Waals surface area contributed by atoms with Crippen LogP contribution in [-0.2, 0) is 6.61 Å². The first kappa shape index (κ1) is 20.1. The summed E-state index contributed by atoms with van der Waals surface area (Å²) in [6.07, 6.45) is 1.98. The summed E-state index contributed by atoms with van der Waals surface area (Å²) in [5.74, 6) is 1.22. The van der Waals surface area contributed by atoms with Gasteiger partial charge < -0.3 is 14.8 Å². The van der Waals surface area contributed by atoms with Crippen LogP contribution in [0.1, 0.15) is 49.5 Å². The van der Waals surface area contributed by atoms with Crippen LogP contribution in [0.5, 0.6) is 11.5 Å².